The van der Waals surface area contributed by atoms with Gasteiger partial charge in [0.1, 0.15) is 23.2 Å². The van der Waals surface area contributed by atoms with E-state index < -0.39 is 11.8 Å². The third-order valence-electron chi connectivity index (χ3n) is 4.73. The summed E-state index contributed by atoms with van der Waals surface area (Å²) in [6.45, 7) is 3.34. The molecule has 0 fully saturated rings. The fraction of sp³-hybridized carbons (Fsp3) is 0.227. The molecular weight excluding hydrogens is 392 g/mol. The first-order chi connectivity index (χ1) is 13.9. The number of nitrogens with zero attached hydrogens (tertiary/aromatic N) is 2. The molecule has 148 valence electrons. The molecule has 1 aliphatic rings. The zero-order valence-electron chi connectivity index (χ0n) is 16.0. The molecule has 0 saturated carbocycles. The molecule has 2 heterocycles. The summed E-state index contributed by atoms with van der Waals surface area (Å²) >= 11 is 6.18. The number of nitriles is 1. The number of halogens is 1. The highest BCUT2D eigenvalue weighted by molar-refractivity contribution is 6.31. The van der Waals surface area contributed by atoms with Gasteiger partial charge in [0.15, 0.2) is 0 Å². The number of aliphatic hydroxyl groups is 1. The van der Waals surface area contributed by atoms with Crippen molar-refractivity contribution in [3.05, 3.63) is 63.4 Å². The van der Waals surface area contributed by atoms with Crippen molar-refractivity contribution in [1.29, 1.82) is 5.26 Å². The minimum absolute atomic E-state index is 0.0369. The van der Waals surface area contributed by atoms with Gasteiger partial charge in [-0.3, -0.25) is 14.5 Å². The van der Waals surface area contributed by atoms with Gasteiger partial charge in [0.05, 0.1) is 0 Å². The summed E-state index contributed by atoms with van der Waals surface area (Å²) < 4.78 is 5.84. The van der Waals surface area contributed by atoms with E-state index in [1.54, 1.807) is 25.1 Å². The van der Waals surface area contributed by atoms with Crippen LogP contribution in [0.1, 0.15) is 24.7 Å². The molecule has 6 nitrogen and oxygen atoms in total. The van der Waals surface area contributed by atoms with Gasteiger partial charge in [-0.05, 0) is 55.7 Å². The van der Waals surface area contributed by atoms with Crippen LogP contribution in [0.15, 0.2) is 51.5 Å². The zero-order chi connectivity index (χ0) is 21.1. The van der Waals surface area contributed by atoms with Gasteiger partial charge < -0.3 is 9.52 Å². The number of rotatable bonds is 5. The van der Waals surface area contributed by atoms with Crippen LogP contribution in [-0.2, 0) is 9.59 Å². The number of benzene rings is 1. The first-order valence-corrected chi connectivity index (χ1v) is 9.41. The summed E-state index contributed by atoms with van der Waals surface area (Å²) in [4.78, 5) is 26.2. The van der Waals surface area contributed by atoms with Gasteiger partial charge in [-0.2, -0.15) is 5.26 Å². The lowest BCUT2D eigenvalue weighted by molar-refractivity contribution is -0.140. The number of hydrogen-bond donors (Lipinski definition) is 1. The number of imide groups is 1. The highest BCUT2D eigenvalue weighted by Crippen LogP contribution is 2.30. The minimum atomic E-state index is -0.643. The van der Waals surface area contributed by atoms with Crippen LogP contribution in [0.4, 0.5) is 0 Å². The van der Waals surface area contributed by atoms with Crippen LogP contribution in [0, 0.1) is 18.3 Å². The van der Waals surface area contributed by atoms with Gasteiger partial charge in [0.25, 0.3) is 11.8 Å². The molecule has 0 aliphatic carbocycles. The Bertz CT molecular complexity index is 1090. The number of amides is 2. The highest BCUT2D eigenvalue weighted by Gasteiger charge is 2.35. The van der Waals surface area contributed by atoms with Gasteiger partial charge in [0, 0.05) is 29.3 Å². The summed E-state index contributed by atoms with van der Waals surface area (Å²) in [5.74, 6) is -0.170. The average molecular weight is 411 g/mol. The Hall–Kier alpha value is -3.14. The quantitative estimate of drug-likeness (QED) is 0.596. The number of carbonyl (C=O) groups is 2. The topological polar surface area (TPSA) is 94.5 Å². The number of aliphatic hydroxyl groups excluding tert-OH is 1. The average Bonchev–Trinajstić information content (AvgIpc) is 3.16. The van der Waals surface area contributed by atoms with Crippen LogP contribution in [0.2, 0.25) is 5.02 Å². The molecule has 0 radical (unpaired) electrons. The fourth-order valence-electron chi connectivity index (χ4n) is 3.04. The van der Waals surface area contributed by atoms with E-state index in [1.807, 2.05) is 25.1 Å². The van der Waals surface area contributed by atoms with Crippen molar-refractivity contribution in [3.63, 3.8) is 0 Å². The van der Waals surface area contributed by atoms with Gasteiger partial charge in [0.2, 0.25) is 0 Å². The fourth-order valence-corrected chi connectivity index (χ4v) is 3.22. The van der Waals surface area contributed by atoms with Gasteiger partial charge in [-0.15, -0.1) is 0 Å². The van der Waals surface area contributed by atoms with Crippen LogP contribution in [-0.4, -0.2) is 35.0 Å². The molecule has 0 unspecified atom stereocenters. The third kappa shape index (κ3) is 4.02. The number of carbonyl (C=O) groups excluding carboxylic acids is 2. The minimum Gasteiger partial charge on any atom is -0.457 e. The van der Waals surface area contributed by atoms with Crippen molar-refractivity contribution in [2.75, 3.05) is 13.2 Å². The van der Waals surface area contributed by atoms with Crippen molar-refractivity contribution >= 4 is 29.5 Å². The Morgan fingerprint density at radius 2 is 1.97 bits per heavy atom. The summed E-state index contributed by atoms with van der Waals surface area (Å²) in [6.07, 6.45) is 1.76. The summed E-state index contributed by atoms with van der Waals surface area (Å²) in [7, 11) is 0. The Morgan fingerprint density at radius 1 is 1.21 bits per heavy atom. The lowest BCUT2D eigenvalue weighted by Gasteiger charge is -2.27. The summed E-state index contributed by atoms with van der Waals surface area (Å²) in [5, 5.41) is 19.0. The zero-order valence-corrected chi connectivity index (χ0v) is 16.8. The van der Waals surface area contributed by atoms with Crippen LogP contribution in [0.25, 0.3) is 17.4 Å². The van der Waals surface area contributed by atoms with Crippen molar-refractivity contribution in [1.82, 2.24) is 4.90 Å². The first-order valence-electron chi connectivity index (χ1n) is 9.03. The van der Waals surface area contributed by atoms with Gasteiger partial charge in [-0.25, -0.2) is 0 Å². The Morgan fingerprint density at radius 3 is 2.62 bits per heavy atom. The molecule has 3 rings (SSSR count). The first kappa shape index (κ1) is 20.6. The Kier molecular flexibility index (Phi) is 6.02. The molecule has 29 heavy (non-hydrogen) atoms. The van der Waals surface area contributed by atoms with E-state index in [1.165, 1.54) is 6.08 Å². The molecule has 2 aromatic rings. The van der Waals surface area contributed by atoms with E-state index in [2.05, 4.69) is 0 Å². The molecule has 0 saturated heterocycles. The molecule has 1 aromatic carbocycles. The molecule has 1 aliphatic heterocycles. The molecular formula is C22H19ClN2O4. The van der Waals surface area contributed by atoms with E-state index in [4.69, 9.17) is 21.1 Å². The molecule has 1 N–H and O–H groups in total. The van der Waals surface area contributed by atoms with E-state index >= 15 is 0 Å². The maximum atomic E-state index is 12.8. The molecule has 0 bridgehead atoms. The molecule has 1 aromatic heterocycles. The lowest BCUT2D eigenvalue weighted by atomic mass is 9.94. The lowest BCUT2D eigenvalue weighted by Crippen LogP contribution is -2.43. The molecule has 7 heteroatoms. The highest BCUT2D eigenvalue weighted by atomic mass is 35.5. The normalized spacial score (nSPS) is 16.0. The van der Waals surface area contributed by atoms with Crippen molar-refractivity contribution in [2.45, 2.75) is 20.3 Å². The smallest absolute Gasteiger partial charge is 0.271 e. The van der Waals surface area contributed by atoms with Crippen molar-refractivity contribution in [3.8, 4) is 17.4 Å². The predicted molar refractivity (Wildman–Crippen MR) is 109 cm³/mol. The van der Waals surface area contributed by atoms with Crippen molar-refractivity contribution in [2.24, 2.45) is 0 Å². The monoisotopic (exact) mass is 410 g/mol. The van der Waals surface area contributed by atoms with Crippen LogP contribution >= 0.6 is 11.6 Å². The second-order valence-corrected chi connectivity index (χ2v) is 7.08. The van der Waals surface area contributed by atoms with E-state index in [-0.39, 0.29) is 30.7 Å². The Balaban J connectivity index is 2.00. The number of hydrogen-bond acceptors (Lipinski definition) is 5. The van der Waals surface area contributed by atoms with Crippen LogP contribution in [0.3, 0.4) is 0 Å². The largest absolute Gasteiger partial charge is 0.457 e. The standard InChI is InChI=1S/C22H19ClN2O4/c1-13-4-5-15(10-19(13)23)20-7-6-16(29-20)11-17-14(2)18(12-24)22(28)25(21(17)27)8-3-9-26/h4-7,10-11,26H,3,8-9H2,1-2H3/b17-11-. The predicted octanol–water partition coefficient (Wildman–Crippen LogP) is 3.88. The van der Waals surface area contributed by atoms with Crippen LogP contribution in [0.5, 0.6) is 0 Å². The van der Waals surface area contributed by atoms with Crippen LogP contribution < -0.4 is 0 Å². The second-order valence-electron chi connectivity index (χ2n) is 6.67. The van der Waals surface area contributed by atoms with E-state index in [9.17, 15) is 14.9 Å². The molecule has 0 atom stereocenters. The van der Waals surface area contributed by atoms with Crippen molar-refractivity contribution < 1.29 is 19.1 Å². The van der Waals surface area contributed by atoms with E-state index in [0.29, 0.717) is 22.1 Å². The Labute approximate surface area is 173 Å². The maximum absolute atomic E-state index is 12.8. The number of furan rings is 1. The molecule has 0 spiro atoms. The maximum Gasteiger partial charge on any atom is 0.271 e. The molecule has 2 amide bonds. The summed E-state index contributed by atoms with van der Waals surface area (Å²) in [5.41, 5.74) is 2.17. The van der Waals surface area contributed by atoms with Gasteiger partial charge >= 0.3 is 0 Å². The van der Waals surface area contributed by atoms with Gasteiger partial charge in [-0.1, -0.05) is 23.7 Å². The second kappa shape index (κ2) is 8.48. The SMILES string of the molecule is CC1=C(C#N)C(=O)N(CCCO)C(=O)/C1=C\c1ccc(-c2ccc(C)c(Cl)c2)o1. The van der Waals surface area contributed by atoms with E-state index in [0.717, 1.165) is 16.0 Å². The number of aryl methyl sites for hydroxylation is 1. The third-order valence-corrected chi connectivity index (χ3v) is 5.14. The summed E-state index contributed by atoms with van der Waals surface area (Å²) in [6, 6.07) is 10.9.